The van der Waals surface area contributed by atoms with E-state index < -0.39 is 5.38 Å². The number of carbonyl (C=O) groups is 1. The summed E-state index contributed by atoms with van der Waals surface area (Å²) in [7, 11) is 1.61. The molecule has 0 radical (unpaired) electrons. The zero-order chi connectivity index (χ0) is 14.9. The molecule has 0 amide bonds. The molecule has 0 saturated carbocycles. The molecule has 0 heterocycles. The molecule has 0 N–H and O–H groups in total. The quantitative estimate of drug-likeness (QED) is 0.782. The average molecular weight is 293 g/mol. The second kappa shape index (κ2) is 6.01. The normalized spacial score (nSPS) is 18.9. The monoisotopic (exact) mass is 292 g/mol. The molecule has 2 nitrogen and oxygen atoms in total. The summed E-state index contributed by atoms with van der Waals surface area (Å²) in [5.41, 5.74) is 5.37. The fraction of sp³-hybridized carbons (Fsp3) is 0.471. The summed E-state index contributed by atoms with van der Waals surface area (Å²) < 4.78 is 5.42. The smallest absolute Gasteiger partial charge is 0.185 e. The lowest BCUT2D eigenvalue weighted by molar-refractivity contribution is -0.112. The zero-order valence-corrected chi connectivity index (χ0v) is 13.3. The minimum Gasteiger partial charge on any atom is -0.500 e. The van der Waals surface area contributed by atoms with Gasteiger partial charge in [0.05, 0.1) is 12.7 Å². The van der Waals surface area contributed by atoms with Crippen LogP contribution in [-0.2, 0) is 22.4 Å². The van der Waals surface area contributed by atoms with Crippen LogP contribution in [0.15, 0.2) is 17.9 Å². The molecule has 0 saturated heterocycles. The van der Waals surface area contributed by atoms with E-state index >= 15 is 0 Å². The summed E-state index contributed by atoms with van der Waals surface area (Å²) in [6.07, 6.45) is 2.28. The molecule has 1 unspecified atom stereocenters. The van der Waals surface area contributed by atoms with E-state index in [4.69, 9.17) is 16.3 Å². The van der Waals surface area contributed by atoms with Crippen LogP contribution in [0.1, 0.15) is 42.5 Å². The van der Waals surface area contributed by atoms with Crippen molar-refractivity contribution in [1.29, 1.82) is 0 Å². The van der Waals surface area contributed by atoms with Crippen molar-refractivity contribution in [3.05, 3.63) is 40.1 Å². The summed E-state index contributed by atoms with van der Waals surface area (Å²) in [4.78, 5) is 12.4. The highest BCUT2D eigenvalue weighted by molar-refractivity contribution is 6.43. The Hall–Kier alpha value is -1.28. The van der Waals surface area contributed by atoms with Crippen LogP contribution in [0, 0.1) is 6.92 Å². The van der Waals surface area contributed by atoms with Gasteiger partial charge in [0.2, 0.25) is 0 Å². The molecule has 0 aliphatic heterocycles. The van der Waals surface area contributed by atoms with Gasteiger partial charge in [-0.3, -0.25) is 4.79 Å². The largest absolute Gasteiger partial charge is 0.500 e. The summed E-state index contributed by atoms with van der Waals surface area (Å²) >= 11 is 6.13. The Bertz CT molecular complexity index is 547. The van der Waals surface area contributed by atoms with E-state index in [0.29, 0.717) is 12.0 Å². The van der Waals surface area contributed by atoms with E-state index in [1.807, 2.05) is 0 Å². The molecule has 0 bridgehead atoms. The number of ether oxygens (including phenoxy) is 1. The van der Waals surface area contributed by atoms with Crippen LogP contribution in [0.25, 0.3) is 5.57 Å². The van der Waals surface area contributed by atoms with Gasteiger partial charge < -0.3 is 4.74 Å². The molecule has 1 aromatic rings. The van der Waals surface area contributed by atoms with E-state index in [1.165, 1.54) is 16.7 Å². The Labute approximate surface area is 125 Å². The number of methoxy groups -OCH3 is 1. The van der Waals surface area contributed by atoms with E-state index in [1.54, 1.807) is 7.11 Å². The molecular formula is C17H21ClO2. The molecular weight excluding hydrogens is 272 g/mol. The Morgan fingerprint density at radius 2 is 1.80 bits per heavy atom. The predicted molar refractivity (Wildman–Crippen MR) is 83.1 cm³/mol. The van der Waals surface area contributed by atoms with Crippen molar-refractivity contribution in [3.8, 4) is 0 Å². The van der Waals surface area contributed by atoms with Crippen LogP contribution in [0.3, 0.4) is 0 Å². The summed E-state index contributed by atoms with van der Waals surface area (Å²) in [6, 6.07) is 4.31. The van der Waals surface area contributed by atoms with Gasteiger partial charge >= 0.3 is 0 Å². The van der Waals surface area contributed by atoms with Crippen molar-refractivity contribution in [2.45, 2.75) is 45.4 Å². The fourth-order valence-corrected chi connectivity index (χ4v) is 3.17. The molecule has 3 heteroatoms. The number of halogens is 1. The molecule has 0 spiro atoms. The van der Waals surface area contributed by atoms with E-state index in [0.717, 1.165) is 24.2 Å². The summed E-state index contributed by atoms with van der Waals surface area (Å²) in [5, 5.41) is -0.490. The highest BCUT2D eigenvalue weighted by Crippen LogP contribution is 2.38. The average Bonchev–Trinajstić information content (AvgIpc) is 2.73. The van der Waals surface area contributed by atoms with Crippen LogP contribution in [0.4, 0.5) is 0 Å². The molecule has 20 heavy (non-hydrogen) atoms. The Kier molecular flexibility index (Phi) is 4.54. The van der Waals surface area contributed by atoms with Crippen LogP contribution in [0.2, 0.25) is 0 Å². The lowest BCUT2D eigenvalue weighted by Gasteiger charge is -2.16. The first-order chi connectivity index (χ1) is 9.53. The van der Waals surface area contributed by atoms with Gasteiger partial charge in [0.25, 0.3) is 0 Å². The van der Waals surface area contributed by atoms with Gasteiger partial charge in [-0.15, -0.1) is 11.6 Å². The topological polar surface area (TPSA) is 26.3 Å². The van der Waals surface area contributed by atoms with Crippen molar-refractivity contribution in [1.82, 2.24) is 0 Å². The first kappa shape index (κ1) is 15.1. The van der Waals surface area contributed by atoms with Gasteiger partial charge in [0.1, 0.15) is 11.1 Å². The molecule has 1 aliphatic rings. The Morgan fingerprint density at radius 1 is 1.25 bits per heavy atom. The first-order valence-corrected chi connectivity index (χ1v) is 7.55. The standard InChI is InChI=1S/C17H21ClO2/c1-5-11-7-10(3)8-12(6-2)15(11)16-14(20-4)9-13(18)17(16)19/h7-8,13H,5-6,9H2,1-4H3. The van der Waals surface area contributed by atoms with Crippen molar-refractivity contribution in [2.75, 3.05) is 7.11 Å². The lowest BCUT2D eigenvalue weighted by Crippen LogP contribution is -2.11. The van der Waals surface area contributed by atoms with Crippen molar-refractivity contribution in [2.24, 2.45) is 0 Å². The van der Waals surface area contributed by atoms with Gasteiger partial charge in [0, 0.05) is 6.42 Å². The van der Waals surface area contributed by atoms with Crippen LogP contribution < -0.4 is 0 Å². The number of allylic oxidation sites excluding steroid dienone is 2. The number of alkyl halides is 1. The van der Waals surface area contributed by atoms with E-state index in [-0.39, 0.29) is 5.78 Å². The number of hydrogen-bond donors (Lipinski definition) is 0. The number of hydrogen-bond acceptors (Lipinski definition) is 2. The van der Waals surface area contributed by atoms with Crippen LogP contribution in [0.5, 0.6) is 0 Å². The molecule has 1 aromatic carbocycles. The second-order valence-corrected chi connectivity index (χ2v) is 5.73. The third-order valence-corrected chi connectivity index (χ3v) is 4.23. The minimum absolute atomic E-state index is 0.00299. The second-order valence-electron chi connectivity index (χ2n) is 5.20. The maximum Gasteiger partial charge on any atom is 0.185 e. The van der Waals surface area contributed by atoms with E-state index in [9.17, 15) is 4.79 Å². The SMILES string of the molecule is CCc1cc(C)cc(CC)c1C1=C(OC)CC(Cl)C1=O. The molecule has 1 atom stereocenters. The van der Waals surface area contributed by atoms with Crippen molar-refractivity contribution in [3.63, 3.8) is 0 Å². The molecule has 108 valence electrons. The van der Waals surface area contributed by atoms with Gasteiger partial charge in [-0.1, -0.05) is 31.5 Å². The first-order valence-electron chi connectivity index (χ1n) is 7.11. The molecule has 0 fully saturated rings. The molecule has 1 aliphatic carbocycles. The zero-order valence-electron chi connectivity index (χ0n) is 12.5. The number of aryl methyl sites for hydroxylation is 3. The Morgan fingerprint density at radius 3 is 2.25 bits per heavy atom. The van der Waals surface area contributed by atoms with Crippen LogP contribution in [-0.4, -0.2) is 18.3 Å². The van der Waals surface area contributed by atoms with Crippen molar-refractivity contribution >= 4 is 23.0 Å². The number of carbonyl (C=O) groups excluding carboxylic acids is 1. The molecule has 2 rings (SSSR count). The summed E-state index contributed by atoms with van der Waals surface area (Å²) in [6.45, 7) is 6.32. The number of Topliss-reactive ketones (excluding diaryl/α,β-unsaturated/α-hetero) is 1. The van der Waals surface area contributed by atoms with Crippen LogP contribution >= 0.6 is 11.6 Å². The molecule has 0 aromatic heterocycles. The maximum absolute atomic E-state index is 12.4. The van der Waals surface area contributed by atoms with Gasteiger partial charge in [-0.05, 0) is 36.5 Å². The highest BCUT2D eigenvalue weighted by Gasteiger charge is 2.35. The van der Waals surface area contributed by atoms with Gasteiger partial charge in [-0.2, -0.15) is 0 Å². The van der Waals surface area contributed by atoms with Crippen molar-refractivity contribution < 1.29 is 9.53 Å². The summed E-state index contributed by atoms with van der Waals surface area (Å²) in [5.74, 6) is 0.722. The third-order valence-electron chi connectivity index (χ3n) is 3.88. The Balaban J connectivity index is 2.70. The number of benzene rings is 1. The highest BCUT2D eigenvalue weighted by atomic mass is 35.5. The van der Waals surface area contributed by atoms with Gasteiger partial charge in [-0.25, -0.2) is 0 Å². The minimum atomic E-state index is -0.490. The lowest BCUT2D eigenvalue weighted by atomic mass is 9.89. The maximum atomic E-state index is 12.4. The fourth-order valence-electron chi connectivity index (χ4n) is 2.92. The predicted octanol–water partition coefficient (Wildman–Crippen LogP) is 4.06. The van der Waals surface area contributed by atoms with E-state index in [2.05, 4.69) is 32.9 Å². The third kappa shape index (κ3) is 2.49. The number of ketones is 1. The number of rotatable bonds is 4. The van der Waals surface area contributed by atoms with Gasteiger partial charge in [0.15, 0.2) is 5.78 Å².